The minimum absolute atomic E-state index is 0.126. The van der Waals surface area contributed by atoms with Crippen molar-refractivity contribution < 1.29 is 0 Å². The maximum Gasteiger partial charge on any atom is 0.0869 e. The maximum atomic E-state index is 5.25. The number of aryl methyl sites for hydroxylation is 3. The van der Waals surface area contributed by atoms with Gasteiger partial charge in [-0.3, -0.25) is 4.99 Å². The predicted molar refractivity (Wildman–Crippen MR) is 123 cm³/mol. The summed E-state index contributed by atoms with van der Waals surface area (Å²) in [7, 11) is 0. The zero-order valence-corrected chi connectivity index (χ0v) is 17.6. The first-order valence-corrected chi connectivity index (χ1v) is 10.7. The van der Waals surface area contributed by atoms with Crippen LogP contribution in [0.5, 0.6) is 0 Å². The molecule has 5 rings (SSSR count). The molecule has 0 spiro atoms. The van der Waals surface area contributed by atoms with E-state index < -0.39 is 0 Å². The van der Waals surface area contributed by atoms with Crippen LogP contribution in [-0.4, -0.2) is 12.3 Å². The smallest absolute Gasteiger partial charge is 0.0869 e. The van der Waals surface area contributed by atoms with Crippen molar-refractivity contribution in [2.75, 3.05) is 11.4 Å². The number of para-hydroxylation sites is 1. The van der Waals surface area contributed by atoms with E-state index in [1.807, 2.05) is 0 Å². The maximum absolute atomic E-state index is 5.25. The van der Waals surface area contributed by atoms with Gasteiger partial charge < -0.3 is 4.90 Å². The number of anilines is 1. The van der Waals surface area contributed by atoms with E-state index >= 15 is 0 Å². The summed E-state index contributed by atoms with van der Waals surface area (Å²) in [5.74, 6) is 0. The Hall–Kier alpha value is -2.87. The van der Waals surface area contributed by atoms with E-state index in [-0.39, 0.29) is 5.54 Å². The van der Waals surface area contributed by atoms with Crippen molar-refractivity contribution in [3.63, 3.8) is 0 Å². The third kappa shape index (κ3) is 3.07. The van der Waals surface area contributed by atoms with Crippen LogP contribution < -0.4 is 4.90 Å². The lowest BCUT2D eigenvalue weighted by molar-refractivity contribution is 0.440. The van der Waals surface area contributed by atoms with Crippen LogP contribution in [0.2, 0.25) is 0 Å². The van der Waals surface area contributed by atoms with Gasteiger partial charge in [0.15, 0.2) is 0 Å². The Bertz CT molecular complexity index is 1080. The fraction of sp³-hybridized carbons (Fsp3) is 0.296. The average molecular weight is 381 g/mol. The van der Waals surface area contributed by atoms with Crippen LogP contribution in [0.4, 0.5) is 11.4 Å². The van der Waals surface area contributed by atoms with Crippen LogP contribution in [0.15, 0.2) is 71.7 Å². The van der Waals surface area contributed by atoms with E-state index in [2.05, 4.69) is 92.4 Å². The van der Waals surface area contributed by atoms with Crippen molar-refractivity contribution >= 4 is 17.1 Å². The van der Waals surface area contributed by atoms with E-state index in [0.717, 1.165) is 25.1 Å². The molecule has 146 valence electrons. The number of rotatable bonds is 2. The van der Waals surface area contributed by atoms with Gasteiger partial charge in [0.05, 0.1) is 22.6 Å². The summed E-state index contributed by atoms with van der Waals surface area (Å²) in [5.41, 5.74) is 10.1. The molecule has 0 bridgehead atoms. The molecule has 3 aromatic carbocycles. The van der Waals surface area contributed by atoms with Gasteiger partial charge in [-0.15, -0.1) is 0 Å². The molecule has 2 heterocycles. The second kappa shape index (κ2) is 6.88. The summed E-state index contributed by atoms with van der Waals surface area (Å²) in [6.45, 7) is 7.78. The van der Waals surface area contributed by atoms with Gasteiger partial charge in [-0.25, -0.2) is 0 Å². The van der Waals surface area contributed by atoms with E-state index in [9.17, 15) is 0 Å². The Morgan fingerprint density at radius 3 is 2.28 bits per heavy atom. The summed E-state index contributed by atoms with van der Waals surface area (Å²) >= 11 is 0. The summed E-state index contributed by atoms with van der Waals surface area (Å²) in [6, 6.07) is 24.6. The number of hydrogen-bond donors (Lipinski definition) is 0. The summed E-state index contributed by atoms with van der Waals surface area (Å²) < 4.78 is 0. The third-order valence-corrected chi connectivity index (χ3v) is 6.62. The highest BCUT2D eigenvalue weighted by Gasteiger charge is 2.40. The molecular formula is C27H28N2. The van der Waals surface area contributed by atoms with Gasteiger partial charge in [0, 0.05) is 13.0 Å². The molecule has 0 aromatic heterocycles. The molecule has 2 aliphatic heterocycles. The Kier molecular flexibility index (Phi) is 4.31. The van der Waals surface area contributed by atoms with E-state index in [1.165, 1.54) is 45.6 Å². The van der Waals surface area contributed by atoms with Crippen LogP contribution >= 0.6 is 0 Å². The quantitative estimate of drug-likeness (QED) is 0.496. The van der Waals surface area contributed by atoms with E-state index in [4.69, 9.17) is 4.99 Å². The lowest BCUT2D eigenvalue weighted by atomic mass is 9.81. The Morgan fingerprint density at radius 1 is 0.862 bits per heavy atom. The normalized spacial score (nSPS) is 20.7. The van der Waals surface area contributed by atoms with Gasteiger partial charge in [-0.05, 0) is 56.4 Å². The van der Waals surface area contributed by atoms with Crippen molar-refractivity contribution in [2.24, 2.45) is 4.99 Å². The molecule has 2 nitrogen and oxygen atoms in total. The molecule has 1 unspecified atom stereocenters. The summed E-state index contributed by atoms with van der Waals surface area (Å²) in [6.07, 6.45) is 3.23. The molecular weight excluding hydrogens is 352 g/mol. The van der Waals surface area contributed by atoms with Crippen molar-refractivity contribution in [3.05, 3.63) is 94.5 Å². The molecule has 29 heavy (non-hydrogen) atoms. The van der Waals surface area contributed by atoms with Gasteiger partial charge in [0.2, 0.25) is 0 Å². The standard InChI is InChI=1S/C27H28N2/c1-19-9-13-21(14-10-19)25-18-27(3,23-15-11-20(2)12-16-23)29-17-5-7-22-6-4-8-24(28-25)26(22)29/h4,6,8-16H,5,7,17-18H2,1-3H3. The lowest BCUT2D eigenvalue weighted by Crippen LogP contribution is -2.47. The second-order valence-electron chi connectivity index (χ2n) is 8.78. The van der Waals surface area contributed by atoms with Crippen LogP contribution in [0.1, 0.15) is 47.6 Å². The summed E-state index contributed by atoms with van der Waals surface area (Å²) in [4.78, 5) is 7.88. The zero-order chi connectivity index (χ0) is 20.0. The second-order valence-corrected chi connectivity index (χ2v) is 8.78. The molecule has 0 N–H and O–H groups in total. The molecule has 0 aliphatic carbocycles. The first-order chi connectivity index (χ1) is 14.0. The lowest BCUT2D eigenvalue weighted by Gasteiger charge is -2.46. The van der Waals surface area contributed by atoms with E-state index in [1.54, 1.807) is 0 Å². The molecule has 0 saturated heterocycles. The van der Waals surface area contributed by atoms with Crippen LogP contribution in [0, 0.1) is 13.8 Å². The fourth-order valence-electron chi connectivity index (χ4n) is 4.90. The SMILES string of the molecule is Cc1ccc(C2=Nc3cccc4c3N(CCC4)C(C)(c3ccc(C)cc3)C2)cc1. The van der Waals surface area contributed by atoms with Crippen molar-refractivity contribution in [1.29, 1.82) is 0 Å². The first-order valence-electron chi connectivity index (χ1n) is 10.7. The molecule has 0 saturated carbocycles. The van der Waals surface area contributed by atoms with Gasteiger partial charge >= 0.3 is 0 Å². The average Bonchev–Trinajstić information content (AvgIpc) is 2.86. The Balaban J connectivity index is 1.73. The van der Waals surface area contributed by atoms with Crippen molar-refractivity contribution in [3.8, 4) is 0 Å². The van der Waals surface area contributed by atoms with Gasteiger partial charge in [0.25, 0.3) is 0 Å². The van der Waals surface area contributed by atoms with Crippen LogP contribution in [0.3, 0.4) is 0 Å². The monoisotopic (exact) mass is 380 g/mol. The molecule has 0 fully saturated rings. The minimum atomic E-state index is -0.126. The number of aliphatic imine (C=N–C) groups is 1. The zero-order valence-electron chi connectivity index (χ0n) is 17.6. The molecule has 1 atom stereocenters. The van der Waals surface area contributed by atoms with Crippen LogP contribution in [0.25, 0.3) is 0 Å². The Morgan fingerprint density at radius 2 is 1.55 bits per heavy atom. The number of benzene rings is 3. The molecule has 2 heteroatoms. The third-order valence-electron chi connectivity index (χ3n) is 6.62. The Labute approximate surface area is 173 Å². The minimum Gasteiger partial charge on any atom is -0.360 e. The van der Waals surface area contributed by atoms with Gasteiger partial charge in [-0.2, -0.15) is 0 Å². The largest absolute Gasteiger partial charge is 0.360 e. The molecule has 2 aliphatic rings. The van der Waals surface area contributed by atoms with Crippen molar-refractivity contribution in [1.82, 2.24) is 0 Å². The highest BCUT2D eigenvalue weighted by Crippen LogP contribution is 2.48. The molecule has 0 amide bonds. The first kappa shape index (κ1) is 18.2. The van der Waals surface area contributed by atoms with Gasteiger partial charge in [-0.1, -0.05) is 71.8 Å². The topological polar surface area (TPSA) is 15.6 Å². The predicted octanol–water partition coefficient (Wildman–Crippen LogP) is 6.50. The molecule has 3 aromatic rings. The highest BCUT2D eigenvalue weighted by atomic mass is 15.2. The number of nitrogens with zero attached hydrogens (tertiary/aromatic N) is 2. The summed E-state index contributed by atoms with van der Waals surface area (Å²) in [5, 5.41) is 0. The van der Waals surface area contributed by atoms with Crippen molar-refractivity contribution in [2.45, 2.75) is 45.6 Å². The highest BCUT2D eigenvalue weighted by molar-refractivity contribution is 6.05. The van der Waals surface area contributed by atoms with Crippen LogP contribution in [-0.2, 0) is 12.0 Å². The number of hydrogen-bond acceptors (Lipinski definition) is 2. The fourth-order valence-corrected chi connectivity index (χ4v) is 4.90. The van der Waals surface area contributed by atoms with Gasteiger partial charge in [0.1, 0.15) is 0 Å². The van der Waals surface area contributed by atoms with E-state index in [0.29, 0.717) is 0 Å². The molecule has 0 radical (unpaired) electrons.